The van der Waals surface area contributed by atoms with Crippen molar-refractivity contribution in [2.45, 2.75) is 9.79 Å². The van der Waals surface area contributed by atoms with Crippen molar-refractivity contribution in [1.82, 2.24) is 0 Å². The first-order valence-corrected chi connectivity index (χ1v) is 12.0. The fraction of sp³-hybridized carbons (Fsp3) is 0. The zero-order valence-corrected chi connectivity index (χ0v) is 17.3. The molecule has 4 aromatic carbocycles. The molecule has 0 aliphatic carbocycles. The van der Waals surface area contributed by atoms with Crippen LogP contribution in [0.4, 0.5) is 11.4 Å². The van der Waals surface area contributed by atoms with Gasteiger partial charge in [-0.2, -0.15) is 0 Å². The Morgan fingerprint density at radius 2 is 0.833 bits per heavy atom. The maximum Gasteiger partial charge on any atom is 0.261 e. The predicted octanol–water partition coefficient (Wildman–Crippen LogP) is 4.44. The normalized spacial score (nSPS) is 11.9. The van der Waals surface area contributed by atoms with Crippen LogP contribution in [-0.2, 0) is 20.0 Å². The van der Waals surface area contributed by atoms with Crippen LogP contribution in [0.15, 0.2) is 107 Å². The van der Waals surface area contributed by atoms with E-state index >= 15 is 0 Å². The molecule has 2 N–H and O–H groups in total. The van der Waals surface area contributed by atoms with E-state index in [1.807, 2.05) is 0 Å². The molecule has 0 spiro atoms. The van der Waals surface area contributed by atoms with Crippen LogP contribution in [0.3, 0.4) is 0 Å². The quantitative estimate of drug-likeness (QED) is 0.465. The number of fused-ring (bicyclic) bond motifs is 1. The number of hydrogen-bond donors (Lipinski definition) is 2. The van der Waals surface area contributed by atoms with Crippen molar-refractivity contribution in [3.8, 4) is 0 Å². The number of rotatable bonds is 6. The Hall–Kier alpha value is -3.36. The minimum Gasteiger partial charge on any atom is -0.280 e. The van der Waals surface area contributed by atoms with Crippen molar-refractivity contribution in [2.75, 3.05) is 9.44 Å². The number of hydrogen-bond acceptors (Lipinski definition) is 4. The summed E-state index contributed by atoms with van der Waals surface area (Å²) < 4.78 is 55.1. The molecular formula is C22H18N2O4S2. The highest BCUT2D eigenvalue weighted by molar-refractivity contribution is 7.93. The molecule has 0 radical (unpaired) electrons. The van der Waals surface area contributed by atoms with Crippen LogP contribution < -0.4 is 9.44 Å². The predicted molar refractivity (Wildman–Crippen MR) is 118 cm³/mol. The Labute approximate surface area is 175 Å². The molecule has 0 heterocycles. The highest BCUT2D eigenvalue weighted by atomic mass is 32.2. The summed E-state index contributed by atoms with van der Waals surface area (Å²) in [5.74, 6) is 0. The second-order valence-corrected chi connectivity index (χ2v) is 9.98. The van der Waals surface area contributed by atoms with Gasteiger partial charge < -0.3 is 0 Å². The molecule has 0 fully saturated rings. The average Bonchev–Trinajstić information content (AvgIpc) is 2.75. The molecule has 0 unspecified atom stereocenters. The zero-order valence-electron chi connectivity index (χ0n) is 15.7. The molecule has 4 aromatic rings. The number of benzene rings is 4. The first-order valence-electron chi connectivity index (χ1n) is 9.03. The minimum absolute atomic E-state index is 0.177. The van der Waals surface area contributed by atoms with Crippen molar-refractivity contribution in [1.29, 1.82) is 0 Å². The summed E-state index contributed by atoms with van der Waals surface area (Å²) in [6.45, 7) is 0. The van der Waals surface area contributed by atoms with Gasteiger partial charge in [0, 0.05) is 11.4 Å². The molecule has 4 rings (SSSR count). The number of nitrogens with one attached hydrogen (secondary N) is 2. The maximum atomic E-state index is 12.5. The van der Waals surface area contributed by atoms with E-state index in [1.54, 1.807) is 72.8 Å². The monoisotopic (exact) mass is 438 g/mol. The first-order chi connectivity index (χ1) is 14.3. The average molecular weight is 439 g/mol. The van der Waals surface area contributed by atoms with Crippen molar-refractivity contribution in [2.24, 2.45) is 0 Å². The van der Waals surface area contributed by atoms with Crippen molar-refractivity contribution >= 4 is 42.2 Å². The lowest BCUT2D eigenvalue weighted by atomic mass is 10.1. The number of anilines is 2. The third kappa shape index (κ3) is 4.29. The third-order valence-corrected chi connectivity index (χ3v) is 7.25. The van der Waals surface area contributed by atoms with Gasteiger partial charge in [-0.25, -0.2) is 16.8 Å². The summed E-state index contributed by atoms with van der Waals surface area (Å²) in [5.41, 5.74) is 0.841. The van der Waals surface area contributed by atoms with Gasteiger partial charge in [-0.1, -0.05) is 48.5 Å². The van der Waals surface area contributed by atoms with Crippen LogP contribution in [0.5, 0.6) is 0 Å². The molecule has 152 valence electrons. The van der Waals surface area contributed by atoms with Crippen LogP contribution in [0.25, 0.3) is 10.8 Å². The molecular weight excluding hydrogens is 420 g/mol. The van der Waals surface area contributed by atoms with Crippen LogP contribution in [0.1, 0.15) is 0 Å². The van der Waals surface area contributed by atoms with E-state index in [1.165, 1.54) is 24.3 Å². The molecule has 8 heteroatoms. The van der Waals surface area contributed by atoms with E-state index in [9.17, 15) is 16.8 Å². The van der Waals surface area contributed by atoms with Crippen LogP contribution in [0.2, 0.25) is 0 Å². The summed E-state index contributed by atoms with van der Waals surface area (Å²) in [6.07, 6.45) is 0. The van der Waals surface area contributed by atoms with Crippen LogP contribution >= 0.6 is 0 Å². The lowest BCUT2D eigenvalue weighted by Crippen LogP contribution is -2.13. The van der Waals surface area contributed by atoms with E-state index in [0.717, 1.165) is 10.8 Å². The smallest absolute Gasteiger partial charge is 0.261 e. The van der Waals surface area contributed by atoms with Crippen molar-refractivity contribution in [3.63, 3.8) is 0 Å². The Morgan fingerprint density at radius 3 is 1.20 bits per heavy atom. The van der Waals surface area contributed by atoms with E-state index < -0.39 is 20.0 Å². The van der Waals surface area contributed by atoms with Gasteiger partial charge in [0.25, 0.3) is 20.0 Å². The molecule has 0 atom stereocenters. The zero-order chi connectivity index (χ0) is 21.2. The Bertz CT molecular complexity index is 1290. The van der Waals surface area contributed by atoms with Crippen LogP contribution in [0, 0.1) is 0 Å². The molecule has 6 nitrogen and oxygen atoms in total. The Morgan fingerprint density at radius 1 is 0.467 bits per heavy atom. The van der Waals surface area contributed by atoms with Gasteiger partial charge in [-0.15, -0.1) is 0 Å². The van der Waals surface area contributed by atoms with E-state index in [-0.39, 0.29) is 9.79 Å². The van der Waals surface area contributed by atoms with Gasteiger partial charge in [-0.05, 0) is 59.3 Å². The molecule has 0 aromatic heterocycles. The fourth-order valence-electron chi connectivity index (χ4n) is 3.00. The maximum absolute atomic E-state index is 12.5. The van der Waals surface area contributed by atoms with Gasteiger partial charge in [0.15, 0.2) is 0 Å². The van der Waals surface area contributed by atoms with E-state index in [4.69, 9.17) is 0 Å². The Balaban J connectivity index is 1.59. The second-order valence-electron chi connectivity index (χ2n) is 6.61. The number of sulfonamides is 2. The van der Waals surface area contributed by atoms with Gasteiger partial charge in [0.1, 0.15) is 0 Å². The second kappa shape index (κ2) is 7.81. The highest BCUT2D eigenvalue weighted by Gasteiger charge is 2.15. The molecule has 0 saturated carbocycles. The van der Waals surface area contributed by atoms with Crippen molar-refractivity contribution < 1.29 is 16.8 Å². The lowest BCUT2D eigenvalue weighted by Gasteiger charge is -2.11. The fourth-order valence-corrected chi connectivity index (χ4v) is 5.14. The van der Waals surface area contributed by atoms with Crippen LogP contribution in [-0.4, -0.2) is 16.8 Å². The first kappa shape index (κ1) is 19.9. The summed E-state index contributed by atoms with van der Waals surface area (Å²) >= 11 is 0. The topological polar surface area (TPSA) is 92.3 Å². The van der Waals surface area contributed by atoms with E-state index in [2.05, 4.69) is 9.44 Å². The van der Waals surface area contributed by atoms with Crippen molar-refractivity contribution in [3.05, 3.63) is 97.1 Å². The van der Waals surface area contributed by atoms with Gasteiger partial charge in [0.05, 0.1) is 9.79 Å². The summed E-state index contributed by atoms with van der Waals surface area (Å²) in [6, 6.07) is 26.4. The standard InChI is InChI=1S/C22H18N2O4S2/c25-29(26,21-7-3-1-4-8-21)23-19-13-11-18-16-20(14-12-17(18)15-19)24-30(27,28)22-9-5-2-6-10-22/h1-16,23-24H. The summed E-state index contributed by atoms with van der Waals surface area (Å²) in [5, 5.41) is 1.54. The third-order valence-electron chi connectivity index (χ3n) is 4.45. The van der Waals surface area contributed by atoms with Gasteiger partial charge >= 0.3 is 0 Å². The molecule has 0 amide bonds. The van der Waals surface area contributed by atoms with Gasteiger partial charge in [-0.3, -0.25) is 9.44 Å². The van der Waals surface area contributed by atoms with Gasteiger partial charge in [0.2, 0.25) is 0 Å². The SMILES string of the molecule is O=S(=O)(Nc1ccc2cc(NS(=O)(=O)c3ccccc3)ccc2c1)c1ccccc1. The van der Waals surface area contributed by atoms with E-state index in [0.29, 0.717) is 11.4 Å². The summed E-state index contributed by atoms with van der Waals surface area (Å²) in [7, 11) is -7.37. The molecule has 0 aliphatic heterocycles. The largest absolute Gasteiger partial charge is 0.280 e. The minimum atomic E-state index is -3.69. The summed E-state index contributed by atoms with van der Waals surface area (Å²) in [4.78, 5) is 0.353. The lowest BCUT2D eigenvalue weighted by molar-refractivity contribution is 0.599. The highest BCUT2D eigenvalue weighted by Crippen LogP contribution is 2.25. The Kier molecular flexibility index (Phi) is 5.19. The molecule has 0 bridgehead atoms. The molecule has 30 heavy (non-hydrogen) atoms. The molecule has 0 saturated heterocycles. The molecule has 0 aliphatic rings.